The Morgan fingerprint density at radius 2 is 0.903 bits per heavy atom. The molecule has 182 valence electrons. The summed E-state index contributed by atoms with van der Waals surface area (Å²) < 4.78 is 1.02. The summed E-state index contributed by atoms with van der Waals surface area (Å²) in [6, 6.07) is 8.86. The van der Waals surface area contributed by atoms with Crippen LogP contribution in [0.25, 0.3) is 0 Å². The lowest BCUT2D eigenvalue weighted by molar-refractivity contribution is 0.379. The van der Waals surface area contributed by atoms with Gasteiger partial charge in [0.25, 0.3) is 0 Å². The summed E-state index contributed by atoms with van der Waals surface area (Å²) in [7, 11) is 4.71. The Morgan fingerprint density at radius 3 is 1.29 bits per heavy atom. The molecule has 0 aliphatic heterocycles. The maximum atomic E-state index is 2.36. The number of aryl methyl sites for hydroxylation is 1. The third-order valence-electron chi connectivity index (χ3n) is 6.84. The highest BCUT2D eigenvalue weighted by atomic mass is 16.0. The van der Waals surface area contributed by atoms with Crippen LogP contribution in [0.1, 0.15) is 128 Å². The van der Waals surface area contributed by atoms with Gasteiger partial charge >= 0.3 is 0 Å². The SMILES string of the molecule is CCCCCCCCCCCCCCCCCCCC[N+](C)(C)c1ccccc1C.[OH-]. The highest BCUT2D eigenvalue weighted by Crippen LogP contribution is 2.24. The monoisotopic (exact) mass is 433 g/mol. The second kappa shape index (κ2) is 19.8. The van der Waals surface area contributed by atoms with Crippen LogP contribution in [0.3, 0.4) is 0 Å². The molecule has 31 heavy (non-hydrogen) atoms. The Bertz CT molecular complexity index is 511. The van der Waals surface area contributed by atoms with Gasteiger partial charge < -0.3 is 5.48 Å². The number of hydrogen-bond acceptors (Lipinski definition) is 1. The molecule has 0 heterocycles. The van der Waals surface area contributed by atoms with Crippen molar-refractivity contribution in [2.75, 3.05) is 20.6 Å². The van der Waals surface area contributed by atoms with E-state index in [1.807, 2.05) is 0 Å². The molecule has 1 aromatic rings. The molecule has 1 N–H and O–H groups in total. The fourth-order valence-electron chi connectivity index (χ4n) is 4.77. The Morgan fingerprint density at radius 1 is 0.548 bits per heavy atom. The quantitative estimate of drug-likeness (QED) is 0.149. The summed E-state index contributed by atoms with van der Waals surface area (Å²) in [6.07, 6.45) is 26.0. The molecule has 0 unspecified atom stereocenters. The van der Waals surface area contributed by atoms with Gasteiger partial charge in [0.05, 0.1) is 20.6 Å². The van der Waals surface area contributed by atoms with Crippen molar-refractivity contribution in [3.05, 3.63) is 29.8 Å². The van der Waals surface area contributed by atoms with Gasteiger partial charge in [0.1, 0.15) is 5.69 Å². The van der Waals surface area contributed by atoms with Crippen molar-refractivity contribution < 1.29 is 5.48 Å². The van der Waals surface area contributed by atoms with Crippen LogP contribution in [-0.2, 0) is 0 Å². The van der Waals surface area contributed by atoms with E-state index in [4.69, 9.17) is 0 Å². The zero-order chi connectivity index (χ0) is 21.9. The Balaban J connectivity index is 0.00000900. The van der Waals surface area contributed by atoms with Crippen molar-refractivity contribution in [3.63, 3.8) is 0 Å². The lowest BCUT2D eigenvalue weighted by Gasteiger charge is -2.30. The molecule has 0 saturated carbocycles. The molecule has 0 atom stereocenters. The first-order chi connectivity index (χ1) is 14.6. The van der Waals surface area contributed by atoms with E-state index in [1.54, 1.807) is 0 Å². The van der Waals surface area contributed by atoms with E-state index in [-0.39, 0.29) is 5.48 Å². The number of nitrogens with zero attached hydrogens (tertiary/aromatic N) is 1. The Labute approximate surface area is 195 Å². The highest BCUT2D eigenvalue weighted by molar-refractivity contribution is 5.48. The van der Waals surface area contributed by atoms with Crippen LogP contribution in [-0.4, -0.2) is 26.1 Å². The first kappa shape index (κ1) is 30.1. The summed E-state index contributed by atoms with van der Waals surface area (Å²) in [4.78, 5) is 0. The number of unbranched alkanes of at least 4 members (excludes halogenated alkanes) is 17. The molecule has 0 amide bonds. The minimum Gasteiger partial charge on any atom is -0.870 e. The average molecular weight is 434 g/mol. The number of hydrogen-bond donors (Lipinski definition) is 0. The summed E-state index contributed by atoms with van der Waals surface area (Å²) in [5, 5.41) is 0. The molecular weight excluding hydrogens is 378 g/mol. The van der Waals surface area contributed by atoms with Crippen molar-refractivity contribution in [1.29, 1.82) is 0 Å². The third kappa shape index (κ3) is 15.6. The summed E-state index contributed by atoms with van der Waals surface area (Å²) in [5.41, 5.74) is 2.90. The molecule has 1 aromatic carbocycles. The van der Waals surface area contributed by atoms with E-state index in [0.29, 0.717) is 0 Å². The van der Waals surface area contributed by atoms with Gasteiger partial charge in [-0.05, 0) is 25.8 Å². The van der Waals surface area contributed by atoms with E-state index < -0.39 is 0 Å². The number of para-hydroxylation sites is 1. The predicted molar refractivity (Wildman–Crippen MR) is 140 cm³/mol. The minimum absolute atomic E-state index is 0. The van der Waals surface area contributed by atoms with Crippen LogP contribution in [0.2, 0.25) is 0 Å². The van der Waals surface area contributed by atoms with Crippen LogP contribution in [0, 0.1) is 6.92 Å². The van der Waals surface area contributed by atoms with Gasteiger partial charge in [-0.25, -0.2) is 0 Å². The zero-order valence-corrected chi connectivity index (χ0v) is 21.6. The van der Waals surface area contributed by atoms with Gasteiger partial charge in [-0.15, -0.1) is 0 Å². The van der Waals surface area contributed by atoms with E-state index in [2.05, 4.69) is 52.2 Å². The second-order valence-electron chi connectivity index (χ2n) is 10.2. The van der Waals surface area contributed by atoms with E-state index in [1.165, 1.54) is 133 Å². The van der Waals surface area contributed by atoms with Crippen LogP contribution in [0.15, 0.2) is 24.3 Å². The van der Waals surface area contributed by atoms with Crippen molar-refractivity contribution >= 4 is 5.69 Å². The minimum atomic E-state index is 0. The first-order valence-electron chi connectivity index (χ1n) is 13.5. The van der Waals surface area contributed by atoms with Crippen molar-refractivity contribution in [2.45, 2.75) is 129 Å². The van der Waals surface area contributed by atoms with E-state index in [0.717, 1.165) is 4.48 Å². The van der Waals surface area contributed by atoms with Crippen molar-refractivity contribution in [1.82, 2.24) is 4.48 Å². The lowest BCUT2D eigenvalue weighted by Crippen LogP contribution is -2.41. The van der Waals surface area contributed by atoms with Crippen molar-refractivity contribution in [3.8, 4) is 0 Å². The summed E-state index contributed by atoms with van der Waals surface area (Å²) >= 11 is 0. The molecule has 0 aromatic heterocycles. The Hall–Kier alpha value is -0.860. The number of rotatable bonds is 20. The molecule has 1 rings (SSSR count). The van der Waals surface area contributed by atoms with Gasteiger partial charge in [0, 0.05) is 5.56 Å². The largest absolute Gasteiger partial charge is 0.870 e. The van der Waals surface area contributed by atoms with E-state index in [9.17, 15) is 0 Å². The normalized spacial score (nSPS) is 11.5. The highest BCUT2D eigenvalue weighted by Gasteiger charge is 2.19. The fraction of sp³-hybridized carbons (Fsp3) is 0.793. The molecule has 0 bridgehead atoms. The van der Waals surface area contributed by atoms with Crippen molar-refractivity contribution in [2.24, 2.45) is 0 Å². The smallest absolute Gasteiger partial charge is 0.135 e. The van der Waals surface area contributed by atoms with E-state index >= 15 is 0 Å². The van der Waals surface area contributed by atoms with Gasteiger partial charge in [0.15, 0.2) is 0 Å². The summed E-state index contributed by atoms with van der Waals surface area (Å²) in [5.74, 6) is 0. The lowest BCUT2D eigenvalue weighted by atomic mass is 10.0. The van der Waals surface area contributed by atoms with Crippen LogP contribution >= 0.6 is 0 Å². The first-order valence-corrected chi connectivity index (χ1v) is 13.5. The molecule has 0 aliphatic carbocycles. The van der Waals surface area contributed by atoms with Gasteiger partial charge in [-0.3, -0.25) is 4.48 Å². The molecule has 0 radical (unpaired) electrons. The number of benzene rings is 1. The van der Waals surface area contributed by atoms with Crippen LogP contribution in [0.5, 0.6) is 0 Å². The Kier molecular flexibility index (Phi) is 19.2. The molecule has 2 nitrogen and oxygen atoms in total. The fourth-order valence-corrected chi connectivity index (χ4v) is 4.77. The van der Waals surface area contributed by atoms with Crippen LogP contribution < -0.4 is 4.48 Å². The molecule has 0 aliphatic rings. The molecule has 2 heteroatoms. The maximum Gasteiger partial charge on any atom is 0.135 e. The zero-order valence-electron chi connectivity index (χ0n) is 21.6. The topological polar surface area (TPSA) is 30.0 Å². The van der Waals surface area contributed by atoms with Gasteiger partial charge in [-0.2, -0.15) is 0 Å². The van der Waals surface area contributed by atoms with Crippen LogP contribution in [0.4, 0.5) is 5.69 Å². The average Bonchev–Trinajstić information content (AvgIpc) is 2.73. The second-order valence-corrected chi connectivity index (χ2v) is 10.2. The number of quaternary nitrogens is 1. The maximum absolute atomic E-state index is 2.36. The molecule has 0 saturated heterocycles. The molecule has 0 fully saturated rings. The predicted octanol–water partition coefficient (Wildman–Crippen LogP) is 9.43. The summed E-state index contributed by atoms with van der Waals surface area (Å²) in [6.45, 7) is 5.80. The third-order valence-corrected chi connectivity index (χ3v) is 6.84. The van der Waals surface area contributed by atoms with Gasteiger partial charge in [-0.1, -0.05) is 128 Å². The standard InChI is InChI=1S/C29H54N.H2O/c1-5-6-7-8-9-10-11-12-13-14-15-16-17-18-19-20-21-24-27-30(3,4)29-26-23-22-25-28(29)2;/h22-23,25-26H,5-21,24,27H2,1-4H3;1H2/q+1;/p-1. The van der Waals surface area contributed by atoms with Gasteiger partial charge in [0.2, 0.25) is 0 Å². The molecular formula is C29H55NO. The molecule has 0 spiro atoms.